The van der Waals surface area contributed by atoms with Gasteiger partial charge in [-0.05, 0) is 69.4 Å². The second kappa shape index (κ2) is 12.9. The van der Waals surface area contributed by atoms with Gasteiger partial charge >= 0.3 is 5.97 Å². The average Bonchev–Trinajstić information content (AvgIpc) is 2.85. The van der Waals surface area contributed by atoms with Gasteiger partial charge in [0.15, 0.2) is 5.60 Å². The van der Waals surface area contributed by atoms with Gasteiger partial charge in [0.2, 0.25) is 0 Å². The normalized spacial score (nSPS) is 12.4. The maximum absolute atomic E-state index is 11.3. The fraction of sp³-hybridized carbons (Fsp3) is 0.323. The molecule has 0 amide bonds. The first kappa shape index (κ1) is 27.7. The monoisotopic (exact) mass is 499 g/mol. The molecule has 6 nitrogen and oxygen atoms in total. The second-order valence-electron chi connectivity index (χ2n) is 9.90. The fourth-order valence-electron chi connectivity index (χ4n) is 3.68. The number of nitrogens with two attached hydrogens (primary N) is 1. The molecule has 0 atom stereocenters. The standard InChI is InChI=1S/C31H37N3O3/c1-22-8-12-25(13-9-22)20-28(32)34-29(33-21-26-14-10-23(2)11-15-26)7-5-6-24-16-18-27(19-17-24)37-31(3,4)30(35)36/h8-19H,5-7,20-21H2,1-4H3,(H,35,36)(H2,32,33,34). The molecule has 0 radical (unpaired) electrons. The molecule has 0 aromatic heterocycles. The lowest BCUT2D eigenvalue weighted by atomic mass is 10.1. The van der Waals surface area contributed by atoms with Crippen molar-refractivity contribution >= 4 is 17.6 Å². The van der Waals surface area contributed by atoms with Gasteiger partial charge in [-0.1, -0.05) is 71.8 Å². The van der Waals surface area contributed by atoms with Gasteiger partial charge in [0, 0.05) is 12.8 Å². The van der Waals surface area contributed by atoms with E-state index in [0.717, 1.165) is 35.4 Å². The molecule has 0 aliphatic carbocycles. The summed E-state index contributed by atoms with van der Waals surface area (Å²) in [6.45, 7) is 7.76. The van der Waals surface area contributed by atoms with Crippen molar-refractivity contribution in [2.75, 3.05) is 0 Å². The average molecular weight is 500 g/mol. The molecule has 0 saturated carbocycles. The lowest BCUT2D eigenvalue weighted by molar-refractivity contribution is -0.152. The Balaban J connectivity index is 1.65. The number of benzene rings is 3. The highest BCUT2D eigenvalue weighted by atomic mass is 16.5. The van der Waals surface area contributed by atoms with Crippen LogP contribution in [0.15, 0.2) is 82.8 Å². The highest BCUT2D eigenvalue weighted by molar-refractivity contribution is 5.97. The number of rotatable bonds is 11. The van der Waals surface area contributed by atoms with Crippen LogP contribution in [-0.4, -0.2) is 28.3 Å². The summed E-state index contributed by atoms with van der Waals surface area (Å²) < 4.78 is 5.59. The van der Waals surface area contributed by atoms with E-state index in [2.05, 4.69) is 62.4 Å². The highest BCUT2D eigenvalue weighted by Crippen LogP contribution is 2.20. The van der Waals surface area contributed by atoms with E-state index in [9.17, 15) is 9.90 Å². The van der Waals surface area contributed by atoms with Crippen LogP contribution >= 0.6 is 0 Å². The molecule has 3 rings (SSSR count). The third kappa shape index (κ3) is 9.22. The van der Waals surface area contributed by atoms with Gasteiger partial charge in [-0.15, -0.1) is 0 Å². The van der Waals surface area contributed by atoms with Crippen molar-refractivity contribution in [1.29, 1.82) is 0 Å². The van der Waals surface area contributed by atoms with E-state index in [1.807, 2.05) is 24.3 Å². The van der Waals surface area contributed by atoms with Crippen molar-refractivity contribution in [2.24, 2.45) is 15.7 Å². The molecule has 0 fully saturated rings. The number of carbonyl (C=O) groups is 1. The van der Waals surface area contributed by atoms with E-state index in [1.54, 1.807) is 0 Å². The van der Waals surface area contributed by atoms with Crippen LogP contribution < -0.4 is 10.5 Å². The van der Waals surface area contributed by atoms with Crippen LogP contribution in [0.4, 0.5) is 0 Å². The number of amidine groups is 2. The van der Waals surface area contributed by atoms with Gasteiger partial charge in [0.1, 0.15) is 17.4 Å². The summed E-state index contributed by atoms with van der Waals surface area (Å²) in [5.41, 5.74) is 10.9. The van der Waals surface area contributed by atoms with E-state index in [0.29, 0.717) is 31.0 Å². The number of aliphatic imine (C=N–C) groups is 2. The number of hydrogen-bond acceptors (Lipinski definition) is 3. The summed E-state index contributed by atoms with van der Waals surface area (Å²) in [7, 11) is 0. The second-order valence-corrected chi connectivity index (χ2v) is 9.90. The minimum absolute atomic E-state index is 0.532. The van der Waals surface area contributed by atoms with Gasteiger partial charge in [0.05, 0.1) is 6.54 Å². The molecule has 6 heteroatoms. The Hall–Kier alpha value is -3.93. The van der Waals surface area contributed by atoms with Crippen LogP contribution in [0.1, 0.15) is 54.5 Å². The largest absolute Gasteiger partial charge is 0.478 e. The van der Waals surface area contributed by atoms with Crippen LogP contribution in [0.2, 0.25) is 0 Å². The maximum atomic E-state index is 11.3. The van der Waals surface area contributed by atoms with Crippen molar-refractivity contribution in [3.63, 3.8) is 0 Å². The van der Waals surface area contributed by atoms with Gasteiger partial charge in [-0.2, -0.15) is 0 Å². The summed E-state index contributed by atoms with van der Waals surface area (Å²) in [6, 6.07) is 24.2. The van der Waals surface area contributed by atoms with Crippen LogP contribution in [0.25, 0.3) is 0 Å². The van der Waals surface area contributed by atoms with E-state index in [4.69, 9.17) is 20.5 Å². The van der Waals surface area contributed by atoms with Crippen molar-refractivity contribution < 1.29 is 14.6 Å². The Kier molecular flexibility index (Phi) is 9.61. The number of nitrogens with zero attached hydrogens (tertiary/aromatic N) is 2. The first-order valence-electron chi connectivity index (χ1n) is 12.6. The lowest BCUT2D eigenvalue weighted by Gasteiger charge is -2.21. The summed E-state index contributed by atoms with van der Waals surface area (Å²) in [5.74, 6) is 0.823. The zero-order valence-electron chi connectivity index (χ0n) is 22.2. The Morgan fingerprint density at radius 1 is 0.865 bits per heavy atom. The molecule has 0 unspecified atom stereocenters. The molecular weight excluding hydrogens is 462 g/mol. The van der Waals surface area contributed by atoms with Crippen LogP contribution in [0.3, 0.4) is 0 Å². The summed E-state index contributed by atoms with van der Waals surface area (Å²) in [4.78, 5) is 20.8. The van der Waals surface area contributed by atoms with E-state index in [1.165, 1.54) is 25.0 Å². The van der Waals surface area contributed by atoms with Crippen molar-refractivity contribution in [2.45, 2.75) is 65.5 Å². The van der Waals surface area contributed by atoms with Crippen LogP contribution in [0, 0.1) is 13.8 Å². The number of hydrogen-bond donors (Lipinski definition) is 2. The molecule has 194 valence electrons. The van der Waals surface area contributed by atoms with E-state index >= 15 is 0 Å². The van der Waals surface area contributed by atoms with Crippen molar-refractivity contribution in [1.82, 2.24) is 0 Å². The smallest absolute Gasteiger partial charge is 0.347 e. The first-order chi connectivity index (χ1) is 17.6. The molecule has 3 aromatic rings. The molecule has 0 aliphatic rings. The van der Waals surface area contributed by atoms with Crippen molar-refractivity contribution in [3.8, 4) is 5.75 Å². The molecule has 0 aliphatic heterocycles. The Labute approximate surface area is 219 Å². The molecule has 3 N–H and O–H groups in total. The van der Waals surface area contributed by atoms with E-state index < -0.39 is 11.6 Å². The van der Waals surface area contributed by atoms with Crippen molar-refractivity contribution in [3.05, 3.63) is 101 Å². The Bertz CT molecular complexity index is 1230. The van der Waals surface area contributed by atoms with Gasteiger partial charge in [-0.25, -0.2) is 9.79 Å². The first-order valence-corrected chi connectivity index (χ1v) is 12.6. The SMILES string of the molecule is Cc1ccc(CN=C(CCCc2ccc(OC(C)(C)C(=O)O)cc2)N=C(N)Cc2ccc(C)cc2)cc1. The zero-order chi connectivity index (χ0) is 26.8. The zero-order valence-corrected chi connectivity index (χ0v) is 22.2. The minimum Gasteiger partial charge on any atom is -0.478 e. The number of aryl methyl sites for hydroxylation is 3. The minimum atomic E-state index is -1.28. The quantitative estimate of drug-likeness (QED) is 0.247. The number of carboxylic acid groups (broad SMARTS) is 1. The maximum Gasteiger partial charge on any atom is 0.347 e. The predicted octanol–water partition coefficient (Wildman–Crippen LogP) is 6.07. The predicted molar refractivity (Wildman–Crippen MR) is 151 cm³/mol. The molecular formula is C31H37N3O3. The molecule has 0 spiro atoms. The molecule has 0 heterocycles. The fourth-order valence-corrected chi connectivity index (χ4v) is 3.68. The summed E-state index contributed by atoms with van der Waals surface area (Å²) in [6.07, 6.45) is 2.97. The third-order valence-corrected chi connectivity index (χ3v) is 6.02. The number of aliphatic carboxylic acids is 1. The highest BCUT2D eigenvalue weighted by Gasteiger charge is 2.29. The summed E-state index contributed by atoms with van der Waals surface area (Å²) >= 11 is 0. The molecule has 0 bridgehead atoms. The van der Waals surface area contributed by atoms with Gasteiger partial charge in [-0.3, -0.25) is 4.99 Å². The molecule has 37 heavy (non-hydrogen) atoms. The molecule has 0 saturated heterocycles. The lowest BCUT2D eigenvalue weighted by Crippen LogP contribution is -2.37. The van der Waals surface area contributed by atoms with Crippen LogP contribution in [0.5, 0.6) is 5.75 Å². The summed E-state index contributed by atoms with van der Waals surface area (Å²) in [5, 5.41) is 9.25. The number of ether oxygens (including phenoxy) is 1. The van der Waals surface area contributed by atoms with E-state index in [-0.39, 0.29) is 0 Å². The topological polar surface area (TPSA) is 97.3 Å². The van der Waals surface area contributed by atoms with Gasteiger partial charge < -0.3 is 15.6 Å². The molecule has 3 aromatic carbocycles. The number of carboxylic acids is 1. The third-order valence-electron chi connectivity index (χ3n) is 6.02. The Morgan fingerprint density at radius 3 is 1.97 bits per heavy atom. The Morgan fingerprint density at radius 2 is 1.41 bits per heavy atom. The van der Waals surface area contributed by atoms with Crippen LogP contribution in [-0.2, 0) is 24.2 Å². The van der Waals surface area contributed by atoms with Gasteiger partial charge in [0.25, 0.3) is 0 Å².